The zero-order valence-corrected chi connectivity index (χ0v) is 43.3. The van der Waals surface area contributed by atoms with Gasteiger partial charge in [-0.3, -0.25) is 19.2 Å². The number of cyclic esters (lactones) is 1. The van der Waals surface area contributed by atoms with Crippen LogP contribution in [0.2, 0.25) is 0 Å². The molecule has 16 heteroatoms. The van der Waals surface area contributed by atoms with Crippen molar-refractivity contribution < 1.29 is 72.8 Å². The predicted octanol–water partition coefficient (Wildman–Crippen LogP) is 5.56. The van der Waals surface area contributed by atoms with Gasteiger partial charge >= 0.3 is 5.97 Å². The van der Waals surface area contributed by atoms with Crippen LogP contribution in [0.15, 0.2) is 47.6 Å². The maximum Gasteiger partial charge on any atom is 0.329 e. The van der Waals surface area contributed by atoms with E-state index in [-0.39, 0.29) is 87.7 Å². The molecule has 1 saturated carbocycles. The molecule has 0 aromatic rings. The summed E-state index contributed by atoms with van der Waals surface area (Å²) in [6.45, 7) is 13.1. The van der Waals surface area contributed by atoms with Crippen molar-refractivity contribution in [1.82, 2.24) is 4.90 Å². The van der Waals surface area contributed by atoms with Gasteiger partial charge in [-0.15, -0.1) is 0 Å². The van der Waals surface area contributed by atoms with Crippen LogP contribution in [-0.2, 0) is 52.4 Å². The van der Waals surface area contributed by atoms with Crippen molar-refractivity contribution in [3.05, 3.63) is 47.6 Å². The van der Waals surface area contributed by atoms with E-state index in [1.807, 2.05) is 51.2 Å². The first kappa shape index (κ1) is 59.1. The van der Waals surface area contributed by atoms with E-state index in [0.717, 1.165) is 5.57 Å². The number of esters is 1. The van der Waals surface area contributed by atoms with Crippen molar-refractivity contribution in [1.29, 1.82) is 0 Å². The lowest BCUT2D eigenvalue weighted by atomic mass is 9.78. The molecule has 396 valence electrons. The molecule has 3 fully saturated rings. The molecular weight excluding hydrogens is 903 g/mol. The topological polar surface area (TPSA) is 225 Å². The van der Waals surface area contributed by atoms with E-state index in [0.29, 0.717) is 63.4 Å². The molecule has 3 aliphatic heterocycles. The third-order valence-electron chi connectivity index (χ3n) is 15.0. The molecule has 1 aliphatic carbocycles. The fourth-order valence-electron chi connectivity index (χ4n) is 10.4. The molecule has 0 spiro atoms. The van der Waals surface area contributed by atoms with Crippen molar-refractivity contribution in [2.75, 3.05) is 47.2 Å². The summed E-state index contributed by atoms with van der Waals surface area (Å²) in [5.41, 5.74) is 1.19. The normalized spacial score (nSPS) is 38.4. The summed E-state index contributed by atoms with van der Waals surface area (Å²) < 4.78 is 35.3. The smallest absolute Gasteiger partial charge is 0.329 e. The van der Waals surface area contributed by atoms with Gasteiger partial charge in [0.2, 0.25) is 5.79 Å². The van der Waals surface area contributed by atoms with Gasteiger partial charge < -0.3 is 53.7 Å². The van der Waals surface area contributed by atoms with Crippen LogP contribution < -0.4 is 0 Å². The molecular formula is C54H85NO15. The number of methoxy groups -OCH3 is 2. The number of aliphatic hydroxyl groups excluding tert-OH is 3. The number of carbonyl (C=O) groups excluding carboxylic acids is 5. The Morgan fingerprint density at radius 1 is 0.857 bits per heavy atom. The maximum atomic E-state index is 14.5. The quantitative estimate of drug-likeness (QED) is 0.0861. The molecule has 3 heterocycles. The number of allylic oxidation sites excluding steroid dienone is 6. The van der Waals surface area contributed by atoms with E-state index in [2.05, 4.69) is 0 Å². The van der Waals surface area contributed by atoms with Crippen molar-refractivity contribution in [3.8, 4) is 0 Å². The van der Waals surface area contributed by atoms with Gasteiger partial charge in [0.1, 0.15) is 30.1 Å². The van der Waals surface area contributed by atoms with Gasteiger partial charge in [0.25, 0.3) is 11.7 Å². The average molecular weight is 988 g/mol. The monoisotopic (exact) mass is 988 g/mol. The van der Waals surface area contributed by atoms with Crippen LogP contribution in [0, 0.1) is 35.5 Å². The Bertz CT molecular complexity index is 1850. The number of ketones is 3. The maximum absolute atomic E-state index is 14.5. The minimum atomic E-state index is -2.49. The molecule has 0 radical (unpaired) electrons. The van der Waals surface area contributed by atoms with Crippen molar-refractivity contribution >= 4 is 29.2 Å². The Labute approximate surface area is 416 Å². The zero-order valence-electron chi connectivity index (χ0n) is 43.3. The minimum absolute atomic E-state index is 0.0147. The SMILES string of the molecule is CO[C@@H]1CC(C[C@@H](C)[C@@H]2CC(=O)[C@H](C)/C=C(\C)[C@@H](O)[C@@H](OC)C(=O)[C@H](C)C[C@H](C)/C=C/C=C/C=C(\C)C(OCCOCCO)C[C@@H]3CC[C@@H](C)[C@@](O)(O3)C(=O)C(=O)N3CCCC[C@H]3C(=O)O2)CC[C@H]1O. The number of amides is 1. The van der Waals surface area contributed by atoms with Crippen molar-refractivity contribution in [2.45, 2.75) is 180 Å². The second kappa shape index (κ2) is 28.7. The van der Waals surface area contributed by atoms with Crippen LogP contribution in [0.25, 0.3) is 0 Å². The van der Waals surface area contributed by atoms with Crippen LogP contribution in [0.5, 0.6) is 0 Å². The minimum Gasteiger partial charge on any atom is -0.460 e. The highest BCUT2D eigenvalue weighted by Crippen LogP contribution is 2.38. The molecule has 0 aromatic heterocycles. The third-order valence-corrected chi connectivity index (χ3v) is 15.0. The third kappa shape index (κ3) is 16.5. The Morgan fingerprint density at radius 2 is 1.60 bits per heavy atom. The Morgan fingerprint density at radius 3 is 2.30 bits per heavy atom. The number of Topliss-reactive ketones (excluding diaryl/α,β-unsaturated/α-hetero) is 3. The summed E-state index contributed by atoms with van der Waals surface area (Å²) in [6, 6.07) is -1.17. The van der Waals surface area contributed by atoms with Crippen LogP contribution in [0.3, 0.4) is 0 Å². The Hall–Kier alpha value is -3.45. The highest BCUT2D eigenvalue weighted by molar-refractivity contribution is 6.39. The summed E-state index contributed by atoms with van der Waals surface area (Å²) in [5, 5.41) is 43.3. The number of carbonyl (C=O) groups is 5. The molecule has 70 heavy (non-hydrogen) atoms. The van der Waals surface area contributed by atoms with Crippen LogP contribution >= 0.6 is 0 Å². The number of hydrogen-bond donors (Lipinski definition) is 4. The summed E-state index contributed by atoms with van der Waals surface area (Å²) in [5.74, 6) is -8.28. The van der Waals surface area contributed by atoms with Gasteiger partial charge in [-0.2, -0.15) is 0 Å². The van der Waals surface area contributed by atoms with E-state index in [9.17, 15) is 44.4 Å². The van der Waals surface area contributed by atoms with Gasteiger partial charge in [0, 0.05) is 51.4 Å². The van der Waals surface area contributed by atoms with Crippen LogP contribution in [-0.4, -0.2) is 156 Å². The highest BCUT2D eigenvalue weighted by atomic mass is 16.6. The fourth-order valence-corrected chi connectivity index (χ4v) is 10.4. The summed E-state index contributed by atoms with van der Waals surface area (Å²) in [7, 11) is 2.93. The molecule has 2 bridgehead atoms. The lowest BCUT2D eigenvalue weighted by Gasteiger charge is -2.43. The highest BCUT2D eigenvalue weighted by Gasteiger charge is 2.53. The standard InChI is InChI=1S/C54H85NO15/c1-33-15-11-10-12-16-34(2)45(68-26-25-67-24-23-56)31-41-20-18-39(7)54(64,70-41)51(61)52(62)55-22-14-13-17-42(55)53(63)69-46(36(4)29-40-19-21-43(57)47(30-40)65-8)32-44(58)35(3)28-38(6)49(60)50(66-9)48(59)37(5)27-33/h10-12,15-16,28,33,35-37,39-43,45-47,49-50,56-57,60,64H,13-14,17-27,29-32H2,1-9H3/b12-10+,15-11+,34-16+,38-28+/t33-,35-,36-,37-,39-,40?,41+,42+,43-,45?,46+,47-,49-,50+,54-/m1/s1. The average Bonchev–Trinajstić information content (AvgIpc) is 3.33. The molecule has 2 unspecified atom stereocenters. The number of hydrogen-bond acceptors (Lipinski definition) is 15. The molecule has 4 N–H and O–H groups in total. The predicted molar refractivity (Wildman–Crippen MR) is 262 cm³/mol. The first-order chi connectivity index (χ1) is 33.2. The van der Waals surface area contributed by atoms with Crippen molar-refractivity contribution in [3.63, 3.8) is 0 Å². The van der Waals surface area contributed by atoms with Crippen LogP contribution in [0.4, 0.5) is 0 Å². The number of rotatable bonds is 11. The zero-order chi connectivity index (χ0) is 51.7. The summed E-state index contributed by atoms with van der Waals surface area (Å²) in [4.78, 5) is 72.3. The largest absolute Gasteiger partial charge is 0.460 e. The van der Waals surface area contributed by atoms with Gasteiger partial charge in [-0.05, 0) is 107 Å². The number of piperidine rings is 1. The number of fused-ring (bicyclic) bond motifs is 3. The molecule has 1 amide bonds. The van der Waals surface area contributed by atoms with E-state index < -0.39 is 83.9 Å². The molecule has 15 atom stereocenters. The Kier molecular flexibility index (Phi) is 24.2. The van der Waals surface area contributed by atoms with Gasteiger partial charge in [-0.25, -0.2) is 4.79 Å². The molecule has 4 rings (SSSR count). The first-order valence-corrected chi connectivity index (χ1v) is 25.7. The molecule has 2 saturated heterocycles. The van der Waals surface area contributed by atoms with Gasteiger partial charge in [0.15, 0.2) is 5.78 Å². The molecule has 4 aliphatic rings. The van der Waals surface area contributed by atoms with E-state index in [1.165, 1.54) is 12.0 Å². The fraction of sp³-hybridized carbons (Fsp3) is 0.759. The Balaban J connectivity index is 1.71. The lowest BCUT2D eigenvalue weighted by molar-refractivity contribution is -0.266. The number of nitrogens with zero attached hydrogens (tertiary/aromatic N) is 1. The second-order valence-corrected chi connectivity index (χ2v) is 20.6. The van der Waals surface area contributed by atoms with E-state index in [1.54, 1.807) is 40.9 Å². The lowest BCUT2D eigenvalue weighted by Crippen LogP contribution is -2.61. The number of aliphatic hydroxyl groups is 4. The van der Waals surface area contributed by atoms with E-state index in [4.69, 9.17) is 28.4 Å². The summed E-state index contributed by atoms with van der Waals surface area (Å²) in [6.07, 6.45) is 10.5. The van der Waals surface area contributed by atoms with E-state index >= 15 is 0 Å². The van der Waals surface area contributed by atoms with Gasteiger partial charge in [-0.1, -0.05) is 71.1 Å². The second-order valence-electron chi connectivity index (χ2n) is 20.6. The first-order valence-electron chi connectivity index (χ1n) is 25.7. The van der Waals surface area contributed by atoms with Gasteiger partial charge in [0.05, 0.1) is 50.8 Å². The van der Waals surface area contributed by atoms with Crippen LogP contribution in [0.1, 0.15) is 126 Å². The molecule has 0 aromatic carbocycles. The van der Waals surface area contributed by atoms with Crippen molar-refractivity contribution in [2.24, 2.45) is 35.5 Å². The molecule has 16 nitrogen and oxygen atoms in total. The number of ether oxygens (including phenoxy) is 6. The summed E-state index contributed by atoms with van der Waals surface area (Å²) >= 11 is 0.